The molecule has 0 saturated carbocycles. The quantitative estimate of drug-likeness (QED) is 0.601. The van der Waals surface area contributed by atoms with Crippen LogP contribution >= 0.6 is 0 Å². The minimum absolute atomic E-state index is 0.0178. The van der Waals surface area contributed by atoms with Crippen molar-refractivity contribution in [1.29, 1.82) is 0 Å². The molecule has 1 saturated heterocycles. The van der Waals surface area contributed by atoms with Gasteiger partial charge in [-0.2, -0.15) is 13.2 Å². The van der Waals surface area contributed by atoms with Gasteiger partial charge in [-0.1, -0.05) is 24.3 Å². The van der Waals surface area contributed by atoms with Crippen LogP contribution in [0.25, 0.3) is 0 Å². The predicted molar refractivity (Wildman–Crippen MR) is 105 cm³/mol. The highest BCUT2D eigenvalue weighted by Gasteiger charge is 2.29. The Bertz CT molecular complexity index is 903. The minimum Gasteiger partial charge on any atom is -0.493 e. The summed E-state index contributed by atoms with van der Waals surface area (Å²) >= 11 is 0. The van der Waals surface area contributed by atoms with E-state index in [-0.39, 0.29) is 36.2 Å². The van der Waals surface area contributed by atoms with Crippen molar-refractivity contribution in [2.75, 3.05) is 33.4 Å². The number of carbonyl (C=O) groups excluding carboxylic acids is 1. The Morgan fingerprint density at radius 2 is 1.97 bits per heavy atom. The van der Waals surface area contributed by atoms with Crippen molar-refractivity contribution in [1.82, 2.24) is 4.90 Å². The second kappa shape index (κ2) is 10.00. The molecule has 1 amide bonds. The Kier molecular flexibility index (Phi) is 7.37. The molecule has 5 nitrogen and oxygen atoms in total. The van der Waals surface area contributed by atoms with Gasteiger partial charge in [0.15, 0.2) is 18.1 Å². The Balaban J connectivity index is 1.58. The van der Waals surface area contributed by atoms with Crippen molar-refractivity contribution in [2.45, 2.75) is 25.1 Å². The normalized spacial score (nSPS) is 16.8. The van der Waals surface area contributed by atoms with Crippen molar-refractivity contribution >= 4 is 5.91 Å². The van der Waals surface area contributed by atoms with Crippen molar-refractivity contribution in [3.63, 3.8) is 0 Å². The van der Waals surface area contributed by atoms with Crippen LogP contribution in [0.2, 0.25) is 0 Å². The van der Waals surface area contributed by atoms with Crippen LogP contribution in [0.3, 0.4) is 0 Å². The molecule has 1 atom stereocenters. The van der Waals surface area contributed by atoms with E-state index in [1.165, 1.54) is 19.2 Å². The number of ether oxygens (including phenoxy) is 3. The summed E-state index contributed by atoms with van der Waals surface area (Å²) in [6, 6.07) is 10.9. The predicted octanol–water partition coefficient (Wildman–Crippen LogP) is 4.31. The van der Waals surface area contributed by atoms with Gasteiger partial charge in [-0.05, 0) is 30.2 Å². The van der Waals surface area contributed by atoms with E-state index in [2.05, 4.69) is 0 Å². The van der Waals surface area contributed by atoms with Crippen LogP contribution in [0.15, 0.2) is 42.5 Å². The lowest BCUT2D eigenvalue weighted by Crippen LogP contribution is -2.42. The monoisotopic (exact) mass is 441 g/mol. The van der Waals surface area contributed by atoms with E-state index in [0.29, 0.717) is 25.1 Å². The standard InChI is InChI=1S/C22H23F4NO4/c1-29-19-12-15(6-8-18(19)31-14-22(24,25)26)7-9-21(28)27-10-11-30-20(13-27)16-4-2-3-5-17(16)23/h2-6,8,12,20H,7,9-11,13-14H2,1H3. The Hall–Kier alpha value is -2.81. The smallest absolute Gasteiger partial charge is 0.422 e. The number of nitrogens with zero attached hydrogens (tertiary/aromatic N) is 1. The van der Waals surface area contributed by atoms with Gasteiger partial charge in [0.25, 0.3) is 0 Å². The van der Waals surface area contributed by atoms with Gasteiger partial charge in [0.05, 0.1) is 20.3 Å². The Labute approximate surface area is 177 Å². The number of methoxy groups -OCH3 is 1. The first-order chi connectivity index (χ1) is 14.8. The molecule has 2 aromatic rings. The maximum Gasteiger partial charge on any atom is 0.422 e. The summed E-state index contributed by atoms with van der Waals surface area (Å²) in [6.45, 7) is -0.435. The molecule has 1 aliphatic rings. The molecule has 0 radical (unpaired) electrons. The number of benzene rings is 2. The lowest BCUT2D eigenvalue weighted by molar-refractivity contribution is -0.153. The topological polar surface area (TPSA) is 48.0 Å². The Morgan fingerprint density at radius 3 is 2.68 bits per heavy atom. The second-order valence-electron chi connectivity index (χ2n) is 7.11. The summed E-state index contributed by atoms with van der Waals surface area (Å²) in [5.41, 5.74) is 1.14. The molecule has 1 unspecified atom stereocenters. The number of carbonyl (C=O) groups is 1. The number of aryl methyl sites for hydroxylation is 1. The largest absolute Gasteiger partial charge is 0.493 e. The zero-order chi connectivity index (χ0) is 22.4. The number of alkyl halides is 3. The van der Waals surface area contributed by atoms with Gasteiger partial charge in [0, 0.05) is 18.5 Å². The number of amides is 1. The van der Waals surface area contributed by atoms with E-state index in [9.17, 15) is 22.4 Å². The molecular formula is C22H23F4NO4. The summed E-state index contributed by atoms with van der Waals surface area (Å²) in [5, 5.41) is 0. The van der Waals surface area contributed by atoms with E-state index in [0.717, 1.165) is 5.56 Å². The molecule has 168 valence electrons. The fraction of sp³-hybridized carbons (Fsp3) is 0.409. The molecule has 1 aliphatic heterocycles. The van der Waals surface area contributed by atoms with Gasteiger partial charge in [-0.3, -0.25) is 4.79 Å². The highest BCUT2D eigenvalue weighted by molar-refractivity contribution is 5.76. The number of rotatable bonds is 7. The summed E-state index contributed by atoms with van der Waals surface area (Å²) in [6.07, 6.45) is -4.41. The highest BCUT2D eigenvalue weighted by Crippen LogP contribution is 2.30. The van der Waals surface area contributed by atoms with Gasteiger partial charge in [0.1, 0.15) is 11.9 Å². The molecule has 0 N–H and O–H groups in total. The first-order valence-electron chi connectivity index (χ1n) is 9.77. The lowest BCUT2D eigenvalue weighted by Gasteiger charge is -2.33. The van der Waals surface area contributed by atoms with Crippen molar-refractivity contribution in [3.8, 4) is 11.5 Å². The molecule has 0 bridgehead atoms. The van der Waals surface area contributed by atoms with E-state index < -0.39 is 18.9 Å². The van der Waals surface area contributed by atoms with E-state index in [1.807, 2.05) is 0 Å². The molecule has 1 heterocycles. The van der Waals surface area contributed by atoms with Crippen molar-refractivity contribution in [3.05, 3.63) is 59.4 Å². The van der Waals surface area contributed by atoms with Crippen molar-refractivity contribution < 1.29 is 36.6 Å². The molecule has 0 aromatic heterocycles. The lowest BCUT2D eigenvalue weighted by atomic mass is 10.1. The van der Waals surface area contributed by atoms with Gasteiger partial charge in [-0.15, -0.1) is 0 Å². The highest BCUT2D eigenvalue weighted by atomic mass is 19.4. The van der Waals surface area contributed by atoms with E-state index >= 15 is 0 Å². The summed E-state index contributed by atoms with van der Waals surface area (Å²) in [5.74, 6) is -0.335. The van der Waals surface area contributed by atoms with Crippen LogP contribution in [-0.2, 0) is 16.0 Å². The SMILES string of the molecule is COc1cc(CCC(=O)N2CCOC(c3ccccc3F)C2)ccc1OCC(F)(F)F. The molecule has 2 aromatic carbocycles. The maximum atomic E-state index is 14.0. The molecule has 0 spiro atoms. The third-order valence-electron chi connectivity index (χ3n) is 4.92. The van der Waals surface area contributed by atoms with Crippen molar-refractivity contribution in [2.24, 2.45) is 0 Å². The van der Waals surface area contributed by atoms with Crippen LogP contribution in [0.4, 0.5) is 17.6 Å². The van der Waals surface area contributed by atoms with Crippen LogP contribution in [0.5, 0.6) is 11.5 Å². The number of hydrogen-bond donors (Lipinski definition) is 0. The molecular weight excluding hydrogens is 418 g/mol. The first kappa shape index (κ1) is 22.9. The minimum atomic E-state index is -4.45. The average Bonchev–Trinajstić information content (AvgIpc) is 2.76. The van der Waals surface area contributed by atoms with Gasteiger partial charge < -0.3 is 19.1 Å². The van der Waals surface area contributed by atoms with Gasteiger partial charge in [0.2, 0.25) is 5.91 Å². The van der Waals surface area contributed by atoms with Gasteiger partial charge >= 0.3 is 6.18 Å². The van der Waals surface area contributed by atoms with Gasteiger partial charge in [-0.25, -0.2) is 4.39 Å². The molecule has 9 heteroatoms. The van der Waals surface area contributed by atoms with E-state index in [4.69, 9.17) is 14.2 Å². The van der Waals surface area contributed by atoms with E-state index in [1.54, 1.807) is 35.2 Å². The number of morpholine rings is 1. The zero-order valence-corrected chi connectivity index (χ0v) is 17.0. The molecule has 0 aliphatic carbocycles. The fourth-order valence-electron chi connectivity index (χ4n) is 3.36. The molecule has 3 rings (SSSR count). The number of halogens is 4. The Morgan fingerprint density at radius 1 is 1.19 bits per heavy atom. The zero-order valence-electron chi connectivity index (χ0n) is 17.0. The average molecular weight is 441 g/mol. The molecule has 1 fully saturated rings. The maximum absolute atomic E-state index is 14.0. The fourth-order valence-corrected chi connectivity index (χ4v) is 3.36. The summed E-state index contributed by atoms with van der Waals surface area (Å²) in [4.78, 5) is 14.3. The number of hydrogen-bond acceptors (Lipinski definition) is 4. The first-order valence-corrected chi connectivity index (χ1v) is 9.77. The summed E-state index contributed by atoms with van der Waals surface area (Å²) < 4.78 is 66.6. The van der Waals surface area contributed by atoms with Crippen LogP contribution in [0, 0.1) is 5.82 Å². The molecule has 31 heavy (non-hydrogen) atoms. The van der Waals surface area contributed by atoms with Crippen LogP contribution in [0.1, 0.15) is 23.7 Å². The van der Waals surface area contributed by atoms with Crippen LogP contribution in [-0.4, -0.2) is 50.4 Å². The second-order valence-corrected chi connectivity index (χ2v) is 7.11. The third kappa shape index (κ3) is 6.33. The summed E-state index contributed by atoms with van der Waals surface area (Å²) in [7, 11) is 1.33. The van der Waals surface area contributed by atoms with Crippen LogP contribution < -0.4 is 9.47 Å². The third-order valence-corrected chi connectivity index (χ3v) is 4.92.